The number of hydrogen-bond donors (Lipinski definition) is 2. The van der Waals surface area contributed by atoms with Gasteiger partial charge in [0.1, 0.15) is 0 Å². The normalized spacial score (nSPS) is 17.2. The molecule has 0 radical (unpaired) electrons. The summed E-state index contributed by atoms with van der Waals surface area (Å²) in [4.78, 5) is 26.3. The molecule has 40 heavy (non-hydrogen) atoms. The summed E-state index contributed by atoms with van der Waals surface area (Å²) < 4.78 is 11.0. The van der Waals surface area contributed by atoms with Gasteiger partial charge in [-0.2, -0.15) is 0 Å². The molecule has 0 aliphatic carbocycles. The number of nitrogens with one attached hydrogen (secondary N) is 1. The Kier molecular flexibility index (Phi) is 9.30. The lowest BCUT2D eigenvalue weighted by Crippen LogP contribution is -2.33. The molecule has 1 aliphatic rings. The van der Waals surface area contributed by atoms with Gasteiger partial charge in [-0.1, -0.05) is 72.8 Å². The second-order valence-electron chi connectivity index (χ2n) is 9.92. The number of carbonyl (C=O) groups is 2. The molecule has 1 aliphatic heterocycles. The number of rotatable bonds is 8. The maximum absolute atomic E-state index is 13.2. The molecule has 1 amide bonds. The number of fused-ring (bicyclic) bond motifs is 1. The van der Waals surface area contributed by atoms with Gasteiger partial charge in [-0.3, -0.25) is 0 Å². The predicted octanol–water partition coefficient (Wildman–Crippen LogP) is 6.53. The summed E-state index contributed by atoms with van der Waals surface area (Å²) >= 11 is 0. The third-order valence-electron chi connectivity index (χ3n) is 7.51. The highest BCUT2D eigenvalue weighted by Crippen LogP contribution is 2.35. The van der Waals surface area contributed by atoms with Crippen LogP contribution >= 0.6 is 12.4 Å². The molecule has 0 bridgehead atoms. The quantitative estimate of drug-likeness (QED) is 0.255. The minimum Gasteiger partial charge on any atom is -0.493 e. The zero-order valence-corrected chi connectivity index (χ0v) is 23.3. The molecule has 4 aromatic rings. The van der Waals surface area contributed by atoms with Gasteiger partial charge in [-0.25, -0.2) is 9.59 Å². The zero-order chi connectivity index (χ0) is 27.4. The van der Waals surface area contributed by atoms with Crippen LogP contribution in [0.5, 0.6) is 11.5 Å². The van der Waals surface area contributed by atoms with Crippen molar-refractivity contribution >= 4 is 35.2 Å². The number of methoxy groups -OCH3 is 1. The second kappa shape index (κ2) is 12.9. The van der Waals surface area contributed by atoms with Crippen LogP contribution in [-0.2, 0) is 0 Å². The molecule has 1 heterocycles. The van der Waals surface area contributed by atoms with E-state index in [0.717, 1.165) is 6.54 Å². The van der Waals surface area contributed by atoms with Gasteiger partial charge in [0.05, 0.1) is 12.7 Å². The Bertz CT molecular complexity index is 1470. The van der Waals surface area contributed by atoms with Crippen LogP contribution in [-0.4, -0.2) is 48.8 Å². The van der Waals surface area contributed by atoms with Crippen molar-refractivity contribution in [2.24, 2.45) is 5.92 Å². The lowest BCUT2D eigenvalue weighted by atomic mass is 9.88. The van der Waals surface area contributed by atoms with Crippen LogP contribution in [0.3, 0.4) is 0 Å². The Morgan fingerprint density at radius 1 is 0.950 bits per heavy atom. The monoisotopic (exact) mass is 560 g/mol. The Morgan fingerprint density at radius 3 is 2.42 bits per heavy atom. The first-order valence-electron chi connectivity index (χ1n) is 13.1. The Hall–Kier alpha value is -4.07. The number of aromatic carboxylic acids is 1. The van der Waals surface area contributed by atoms with Crippen molar-refractivity contribution in [1.29, 1.82) is 0 Å². The van der Waals surface area contributed by atoms with Crippen LogP contribution < -0.4 is 14.8 Å². The van der Waals surface area contributed by atoms with Crippen molar-refractivity contribution in [1.82, 2.24) is 10.2 Å². The summed E-state index contributed by atoms with van der Waals surface area (Å²) in [5.41, 5.74) is 2.49. The summed E-state index contributed by atoms with van der Waals surface area (Å²) in [6.45, 7) is 3.95. The second-order valence-corrected chi connectivity index (χ2v) is 9.92. The molecule has 1 fully saturated rings. The standard InChI is InChI=1S/C32H32N2O5.ClH/c1-21(26-14-8-12-22-11-6-7-13-27(22)26)33-18-25-19-34(20-28(25)23-9-4-3-5-10-23)32(37)39-29-16-15-24(31(35)36)17-30(29)38-2;/h3-17,21,25,28,33H,18-20H2,1-2H3,(H,35,36);1H/t21-,25+,28-;/m1./s1. The molecule has 1 saturated heterocycles. The van der Waals surface area contributed by atoms with E-state index >= 15 is 0 Å². The summed E-state index contributed by atoms with van der Waals surface area (Å²) in [5, 5.41) is 15.4. The zero-order valence-electron chi connectivity index (χ0n) is 22.4. The predicted molar refractivity (Wildman–Crippen MR) is 158 cm³/mol. The van der Waals surface area contributed by atoms with E-state index in [-0.39, 0.29) is 47.3 Å². The Balaban J connectivity index is 0.00000370. The number of carbonyl (C=O) groups excluding carboxylic acids is 1. The highest BCUT2D eigenvalue weighted by molar-refractivity contribution is 5.89. The van der Waals surface area contributed by atoms with E-state index in [1.165, 1.54) is 47.2 Å². The number of amides is 1. The van der Waals surface area contributed by atoms with Crippen LogP contribution in [0.25, 0.3) is 10.8 Å². The van der Waals surface area contributed by atoms with Crippen molar-refractivity contribution in [3.05, 3.63) is 108 Å². The summed E-state index contributed by atoms with van der Waals surface area (Å²) in [6.07, 6.45) is -0.484. The van der Waals surface area contributed by atoms with Crippen LogP contribution in [0.1, 0.15) is 40.4 Å². The third-order valence-corrected chi connectivity index (χ3v) is 7.51. The van der Waals surface area contributed by atoms with Gasteiger partial charge in [0.2, 0.25) is 0 Å². The lowest BCUT2D eigenvalue weighted by Gasteiger charge is -2.23. The molecule has 5 rings (SSSR count). The van der Waals surface area contributed by atoms with E-state index in [1.807, 2.05) is 18.2 Å². The largest absolute Gasteiger partial charge is 0.493 e. The van der Waals surface area contributed by atoms with Crippen LogP contribution in [0.2, 0.25) is 0 Å². The molecular weight excluding hydrogens is 528 g/mol. The van der Waals surface area contributed by atoms with Gasteiger partial charge >= 0.3 is 12.1 Å². The van der Waals surface area contributed by atoms with E-state index in [9.17, 15) is 14.7 Å². The molecule has 0 spiro atoms. The van der Waals surface area contributed by atoms with Crippen molar-refractivity contribution in [3.63, 3.8) is 0 Å². The first-order valence-corrected chi connectivity index (χ1v) is 13.1. The van der Waals surface area contributed by atoms with E-state index in [2.05, 4.69) is 66.8 Å². The molecule has 3 atom stereocenters. The van der Waals surface area contributed by atoms with Crippen molar-refractivity contribution in [2.75, 3.05) is 26.7 Å². The van der Waals surface area contributed by atoms with Crippen molar-refractivity contribution in [3.8, 4) is 11.5 Å². The number of likely N-dealkylation sites (tertiary alicyclic amines) is 1. The highest BCUT2D eigenvalue weighted by atomic mass is 35.5. The van der Waals surface area contributed by atoms with Gasteiger partial charge in [0.25, 0.3) is 0 Å². The fourth-order valence-electron chi connectivity index (χ4n) is 5.41. The molecular formula is C32H33ClN2O5. The fourth-order valence-corrected chi connectivity index (χ4v) is 5.41. The third kappa shape index (κ3) is 6.22. The van der Waals surface area contributed by atoms with Crippen LogP contribution in [0.15, 0.2) is 91.0 Å². The average molecular weight is 561 g/mol. The number of carboxylic acid groups (broad SMARTS) is 1. The molecule has 0 saturated carbocycles. The molecule has 7 nitrogen and oxygen atoms in total. The molecule has 208 valence electrons. The molecule has 0 aromatic heterocycles. The van der Waals surface area contributed by atoms with Gasteiger partial charge in [-0.15, -0.1) is 12.4 Å². The molecule has 8 heteroatoms. The number of ether oxygens (including phenoxy) is 2. The first-order chi connectivity index (χ1) is 18.9. The number of nitrogens with zero attached hydrogens (tertiary/aromatic N) is 1. The summed E-state index contributed by atoms with van der Waals surface area (Å²) in [5.74, 6) is -0.375. The number of hydrogen-bond acceptors (Lipinski definition) is 5. The summed E-state index contributed by atoms with van der Waals surface area (Å²) in [6, 6.07) is 29.4. The highest BCUT2D eigenvalue weighted by Gasteiger charge is 2.37. The van der Waals surface area contributed by atoms with Gasteiger partial charge in [0, 0.05) is 31.6 Å². The number of carboxylic acids is 1. The maximum Gasteiger partial charge on any atom is 0.415 e. The van der Waals surface area contributed by atoms with E-state index in [1.54, 1.807) is 4.90 Å². The van der Waals surface area contributed by atoms with Gasteiger partial charge in [0.15, 0.2) is 11.5 Å². The number of halogens is 1. The minimum absolute atomic E-state index is 0. The van der Waals surface area contributed by atoms with E-state index in [4.69, 9.17) is 9.47 Å². The maximum atomic E-state index is 13.2. The van der Waals surface area contributed by atoms with Crippen LogP contribution in [0, 0.1) is 5.92 Å². The molecule has 2 N–H and O–H groups in total. The molecule has 4 aromatic carbocycles. The fraction of sp³-hybridized carbons (Fsp3) is 0.250. The van der Waals surface area contributed by atoms with E-state index < -0.39 is 12.1 Å². The first kappa shape index (κ1) is 28.9. The van der Waals surface area contributed by atoms with Crippen molar-refractivity contribution < 1.29 is 24.2 Å². The Morgan fingerprint density at radius 2 is 1.68 bits per heavy atom. The smallest absolute Gasteiger partial charge is 0.415 e. The average Bonchev–Trinajstić information content (AvgIpc) is 3.40. The minimum atomic E-state index is -1.08. The van der Waals surface area contributed by atoms with Crippen molar-refractivity contribution in [2.45, 2.75) is 18.9 Å². The van der Waals surface area contributed by atoms with Crippen LogP contribution in [0.4, 0.5) is 4.79 Å². The van der Waals surface area contributed by atoms with Gasteiger partial charge in [-0.05, 0) is 52.9 Å². The lowest BCUT2D eigenvalue weighted by molar-refractivity contribution is 0.0696. The summed E-state index contributed by atoms with van der Waals surface area (Å²) in [7, 11) is 1.42. The molecule has 0 unspecified atom stereocenters. The Labute approximate surface area is 240 Å². The number of benzene rings is 4. The SMILES string of the molecule is COc1cc(C(=O)O)ccc1OC(=O)N1C[C@H](CN[C@H](C)c2cccc3ccccc23)[C@@H](c2ccccc2)C1.Cl. The van der Waals surface area contributed by atoms with E-state index in [0.29, 0.717) is 13.1 Å². The topological polar surface area (TPSA) is 88.1 Å². The van der Waals surface area contributed by atoms with Gasteiger partial charge < -0.3 is 24.8 Å².